The molecule has 1 aromatic carbocycles. The van der Waals surface area contributed by atoms with E-state index in [-0.39, 0.29) is 28.4 Å². The van der Waals surface area contributed by atoms with Crippen LogP contribution >= 0.6 is 11.8 Å². The van der Waals surface area contributed by atoms with Crippen LogP contribution in [0.4, 0.5) is 0 Å². The summed E-state index contributed by atoms with van der Waals surface area (Å²) >= 11 is 1.70. The van der Waals surface area contributed by atoms with Crippen molar-refractivity contribution in [1.82, 2.24) is 9.80 Å². The van der Waals surface area contributed by atoms with Crippen molar-refractivity contribution in [3.63, 3.8) is 0 Å². The molecule has 1 heterocycles. The van der Waals surface area contributed by atoms with Gasteiger partial charge in [-0.05, 0) is 39.2 Å². The van der Waals surface area contributed by atoms with E-state index in [4.69, 9.17) is 0 Å². The van der Waals surface area contributed by atoms with Crippen LogP contribution in [0.25, 0.3) is 0 Å². The standard InChI is InChI=1S/C20H28N2O2S/c1-4-21(19(24)16-6-5-7-16)12-13-22-18(23)15(3)25-20(22)17-10-8-14(2)9-11-17/h8-11,15-16,20H,4-7,12-13H2,1-3H3/t15-,20-/m1/s1. The van der Waals surface area contributed by atoms with E-state index < -0.39 is 0 Å². The minimum Gasteiger partial charge on any atom is -0.341 e. The molecule has 3 rings (SSSR count). The highest BCUT2D eigenvalue weighted by Crippen LogP contribution is 2.42. The Morgan fingerprint density at radius 1 is 1.28 bits per heavy atom. The van der Waals surface area contributed by atoms with Crippen LogP contribution in [0.5, 0.6) is 0 Å². The molecule has 2 amide bonds. The number of carbonyl (C=O) groups is 2. The van der Waals surface area contributed by atoms with E-state index in [1.54, 1.807) is 11.8 Å². The van der Waals surface area contributed by atoms with E-state index in [1.165, 1.54) is 17.5 Å². The highest BCUT2D eigenvalue weighted by atomic mass is 32.2. The first-order valence-corrected chi connectivity index (χ1v) is 10.3. The SMILES string of the molecule is CCN(CCN1C(=O)[C@@H](C)S[C@@H]1c1ccc(C)cc1)C(=O)C1CCC1. The second-order valence-electron chi connectivity index (χ2n) is 7.12. The van der Waals surface area contributed by atoms with Crippen LogP contribution in [0.1, 0.15) is 49.6 Å². The molecule has 2 aliphatic rings. The van der Waals surface area contributed by atoms with E-state index in [1.807, 2.05) is 23.6 Å². The maximum atomic E-state index is 12.6. The van der Waals surface area contributed by atoms with Gasteiger partial charge in [-0.25, -0.2) is 0 Å². The largest absolute Gasteiger partial charge is 0.341 e. The quantitative estimate of drug-likeness (QED) is 0.778. The number of aryl methyl sites for hydroxylation is 1. The topological polar surface area (TPSA) is 40.6 Å². The van der Waals surface area contributed by atoms with Gasteiger partial charge in [-0.15, -0.1) is 11.8 Å². The summed E-state index contributed by atoms with van der Waals surface area (Å²) in [4.78, 5) is 29.0. The Bertz CT molecular complexity index is 627. The number of nitrogens with zero attached hydrogens (tertiary/aromatic N) is 2. The van der Waals surface area contributed by atoms with Gasteiger partial charge in [0.1, 0.15) is 5.37 Å². The lowest BCUT2D eigenvalue weighted by atomic mass is 9.84. The predicted molar refractivity (Wildman–Crippen MR) is 102 cm³/mol. The highest BCUT2D eigenvalue weighted by molar-refractivity contribution is 8.01. The summed E-state index contributed by atoms with van der Waals surface area (Å²) in [6.07, 6.45) is 3.22. The molecule has 1 aliphatic heterocycles. The van der Waals surface area contributed by atoms with Crippen LogP contribution in [-0.2, 0) is 9.59 Å². The lowest BCUT2D eigenvalue weighted by molar-refractivity contribution is -0.139. The van der Waals surface area contributed by atoms with Gasteiger partial charge in [0.25, 0.3) is 0 Å². The maximum absolute atomic E-state index is 12.6. The molecular weight excluding hydrogens is 332 g/mol. The Labute approximate surface area is 154 Å². The molecule has 2 fully saturated rings. The molecule has 0 N–H and O–H groups in total. The molecule has 2 atom stereocenters. The fraction of sp³-hybridized carbons (Fsp3) is 0.600. The van der Waals surface area contributed by atoms with Gasteiger partial charge < -0.3 is 9.80 Å². The lowest BCUT2D eigenvalue weighted by Crippen LogP contribution is -2.44. The van der Waals surface area contributed by atoms with Crippen LogP contribution in [0, 0.1) is 12.8 Å². The van der Waals surface area contributed by atoms with Gasteiger partial charge in [0.05, 0.1) is 5.25 Å². The molecule has 25 heavy (non-hydrogen) atoms. The van der Waals surface area contributed by atoms with Crippen molar-refractivity contribution in [3.8, 4) is 0 Å². The first-order chi connectivity index (χ1) is 12.0. The zero-order chi connectivity index (χ0) is 18.0. The van der Waals surface area contributed by atoms with Crippen molar-refractivity contribution in [2.75, 3.05) is 19.6 Å². The Morgan fingerprint density at radius 2 is 1.96 bits per heavy atom. The van der Waals surface area contributed by atoms with Crippen molar-refractivity contribution in [2.24, 2.45) is 5.92 Å². The van der Waals surface area contributed by atoms with E-state index in [0.29, 0.717) is 13.1 Å². The normalized spacial score (nSPS) is 23.6. The summed E-state index contributed by atoms with van der Waals surface area (Å²) in [6.45, 7) is 8.04. The molecule has 0 aromatic heterocycles. The third kappa shape index (κ3) is 3.86. The Hall–Kier alpha value is -1.49. The van der Waals surface area contributed by atoms with Gasteiger partial charge >= 0.3 is 0 Å². The summed E-state index contributed by atoms with van der Waals surface area (Å²) in [5, 5.41) is 0.0318. The maximum Gasteiger partial charge on any atom is 0.236 e. The van der Waals surface area contributed by atoms with E-state index in [2.05, 4.69) is 31.2 Å². The smallest absolute Gasteiger partial charge is 0.236 e. The molecule has 0 unspecified atom stereocenters. The molecule has 1 aromatic rings. The Morgan fingerprint density at radius 3 is 2.52 bits per heavy atom. The summed E-state index contributed by atoms with van der Waals surface area (Å²) in [6, 6.07) is 8.42. The van der Waals surface area contributed by atoms with Crippen LogP contribution in [0.2, 0.25) is 0 Å². The zero-order valence-corrected chi connectivity index (χ0v) is 16.2. The van der Waals surface area contributed by atoms with E-state index >= 15 is 0 Å². The molecule has 136 valence electrons. The third-order valence-electron chi connectivity index (χ3n) is 5.37. The Balaban J connectivity index is 1.68. The van der Waals surface area contributed by atoms with Gasteiger partial charge in [-0.3, -0.25) is 9.59 Å². The minimum absolute atomic E-state index is 0.0243. The fourth-order valence-corrected chi connectivity index (χ4v) is 4.77. The molecule has 4 nitrogen and oxygen atoms in total. The number of likely N-dealkylation sites (N-methyl/N-ethyl adjacent to an activating group) is 1. The average molecular weight is 361 g/mol. The van der Waals surface area contributed by atoms with Crippen molar-refractivity contribution >= 4 is 23.6 Å². The molecule has 1 saturated carbocycles. The number of rotatable bonds is 6. The number of thioether (sulfide) groups is 1. The monoisotopic (exact) mass is 360 g/mol. The van der Waals surface area contributed by atoms with E-state index in [9.17, 15) is 9.59 Å². The minimum atomic E-state index is -0.0243. The summed E-state index contributed by atoms with van der Waals surface area (Å²) in [5.74, 6) is 0.672. The molecule has 0 spiro atoms. The van der Waals surface area contributed by atoms with Crippen LogP contribution < -0.4 is 0 Å². The predicted octanol–water partition coefficient (Wildman–Crippen LogP) is 3.61. The lowest BCUT2D eigenvalue weighted by Gasteiger charge is -2.33. The summed E-state index contributed by atoms with van der Waals surface area (Å²) in [5.41, 5.74) is 2.39. The fourth-order valence-electron chi connectivity index (χ4n) is 3.46. The zero-order valence-electron chi connectivity index (χ0n) is 15.4. The second kappa shape index (κ2) is 7.81. The van der Waals surface area contributed by atoms with Gasteiger partial charge in [0, 0.05) is 25.6 Å². The molecule has 0 bridgehead atoms. The van der Waals surface area contributed by atoms with Crippen LogP contribution in [0.15, 0.2) is 24.3 Å². The number of hydrogen-bond donors (Lipinski definition) is 0. The second-order valence-corrected chi connectivity index (χ2v) is 8.54. The van der Waals surface area contributed by atoms with Gasteiger partial charge in [-0.1, -0.05) is 36.2 Å². The third-order valence-corrected chi connectivity index (χ3v) is 6.76. The van der Waals surface area contributed by atoms with E-state index in [0.717, 1.165) is 19.4 Å². The van der Waals surface area contributed by atoms with Crippen molar-refractivity contribution < 1.29 is 9.59 Å². The first kappa shape index (κ1) is 18.3. The summed E-state index contributed by atoms with van der Waals surface area (Å²) in [7, 11) is 0. The van der Waals surface area contributed by atoms with Crippen LogP contribution in [0.3, 0.4) is 0 Å². The average Bonchev–Trinajstić information content (AvgIpc) is 2.83. The molecule has 0 radical (unpaired) electrons. The van der Waals surface area contributed by atoms with Crippen LogP contribution in [-0.4, -0.2) is 46.5 Å². The molecular formula is C20H28N2O2S. The van der Waals surface area contributed by atoms with Crippen molar-refractivity contribution in [2.45, 2.75) is 50.7 Å². The highest BCUT2D eigenvalue weighted by Gasteiger charge is 2.38. The summed E-state index contributed by atoms with van der Waals surface area (Å²) < 4.78 is 0. The number of hydrogen-bond acceptors (Lipinski definition) is 3. The first-order valence-electron chi connectivity index (χ1n) is 9.32. The van der Waals surface area contributed by atoms with Crippen molar-refractivity contribution in [3.05, 3.63) is 35.4 Å². The van der Waals surface area contributed by atoms with Gasteiger partial charge in [0.2, 0.25) is 11.8 Å². The number of amides is 2. The van der Waals surface area contributed by atoms with Crippen molar-refractivity contribution in [1.29, 1.82) is 0 Å². The molecule has 5 heteroatoms. The molecule has 1 saturated heterocycles. The Kier molecular flexibility index (Phi) is 5.72. The van der Waals surface area contributed by atoms with Gasteiger partial charge in [-0.2, -0.15) is 0 Å². The van der Waals surface area contributed by atoms with Gasteiger partial charge in [0.15, 0.2) is 0 Å². The number of benzene rings is 1. The molecule has 1 aliphatic carbocycles. The number of carbonyl (C=O) groups excluding carboxylic acids is 2.